The summed E-state index contributed by atoms with van der Waals surface area (Å²) in [7, 11) is -3.57. The van der Waals surface area contributed by atoms with E-state index in [9.17, 15) is 17.6 Å². The molecule has 1 fully saturated rings. The lowest BCUT2D eigenvalue weighted by Crippen LogP contribution is -2.28. The molecule has 0 atom stereocenters. The smallest absolute Gasteiger partial charge is 0.243 e. The molecule has 5 nitrogen and oxygen atoms in total. The molecule has 26 heavy (non-hydrogen) atoms. The lowest BCUT2D eigenvalue weighted by Gasteiger charge is -2.16. The summed E-state index contributed by atoms with van der Waals surface area (Å²) in [4.78, 5) is 12.3. The molecule has 2 aromatic carbocycles. The van der Waals surface area contributed by atoms with Gasteiger partial charge in [-0.15, -0.1) is 0 Å². The normalized spacial score (nSPS) is 15.2. The third kappa shape index (κ3) is 4.06. The van der Waals surface area contributed by atoms with Crippen LogP contribution in [0, 0.1) is 5.82 Å². The molecule has 1 amide bonds. The Morgan fingerprint density at radius 2 is 1.85 bits per heavy atom. The van der Waals surface area contributed by atoms with E-state index in [0.29, 0.717) is 18.8 Å². The molecule has 1 saturated heterocycles. The SMILES string of the molecule is O=C(Cc1c(F)cccc1Cl)Nc1cccc(S(=O)(=O)N2CCCC2)c1. The quantitative estimate of drug-likeness (QED) is 0.841. The van der Waals surface area contributed by atoms with E-state index in [1.165, 1.54) is 34.6 Å². The van der Waals surface area contributed by atoms with Gasteiger partial charge in [-0.2, -0.15) is 4.31 Å². The number of nitrogens with zero attached hydrogens (tertiary/aromatic N) is 1. The average molecular weight is 397 g/mol. The lowest BCUT2D eigenvalue weighted by atomic mass is 10.1. The fourth-order valence-corrected chi connectivity index (χ4v) is 4.67. The molecule has 1 N–H and O–H groups in total. The Morgan fingerprint density at radius 1 is 1.15 bits per heavy atom. The van der Waals surface area contributed by atoms with Gasteiger partial charge in [0.05, 0.1) is 11.3 Å². The zero-order valence-corrected chi connectivity index (χ0v) is 15.5. The Morgan fingerprint density at radius 3 is 2.54 bits per heavy atom. The van der Waals surface area contributed by atoms with Gasteiger partial charge in [0.25, 0.3) is 0 Å². The van der Waals surface area contributed by atoms with Crippen molar-refractivity contribution >= 4 is 33.2 Å². The standard InChI is InChI=1S/C18H18ClFN2O3S/c19-16-7-4-8-17(20)15(16)12-18(23)21-13-5-3-6-14(11-13)26(24,25)22-9-1-2-10-22/h3-8,11H,1-2,9-10,12H2,(H,21,23). The van der Waals surface area contributed by atoms with Crippen LogP contribution in [0.2, 0.25) is 5.02 Å². The first kappa shape index (κ1) is 18.8. The highest BCUT2D eigenvalue weighted by Crippen LogP contribution is 2.24. The van der Waals surface area contributed by atoms with Crippen LogP contribution in [0.1, 0.15) is 18.4 Å². The van der Waals surface area contributed by atoms with Crippen molar-refractivity contribution in [2.45, 2.75) is 24.2 Å². The van der Waals surface area contributed by atoms with Crippen molar-refractivity contribution in [3.63, 3.8) is 0 Å². The summed E-state index contributed by atoms with van der Waals surface area (Å²) >= 11 is 5.93. The molecule has 0 aromatic heterocycles. The molecule has 0 saturated carbocycles. The van der Waals surface area contributed by atoms with Crippen LogP contribution < -0.4 is 5.32 Å². The first-order valence-corrected chi connectivity index (χ1v) is 10.0. The largest absolute Gasteiger partial charge is 0.326 e. The Kier molecular flexibility index (Phi) is 5.60. The van der Waals surface area contributed by atoms with Crippen LogP contribution in [0.5, 0.6) is 0 Å². The first-order valence-electron chi connectivity index (χ1n) is 8.21. The number of anilines is 1. The Bertz CT molecular complexity index is 908. The van der Waals surface area contributed by atoms with E-state index in [1.807, 2.05) is 0 Å². The molecule has 0 radical (unpaired) electrons. The van der Waals surface area contributed by atoms with Crippen molar-refractivity contribution in [3.8, 4) is 0 Å². The molecule has 8 heteroatoms. The van der Waals surface area contributed by atoms with Gasteiger partial charge in [0, 0.05) is 29.4 Å². The first-order chi connectivity index (χ1) is 12.4. The number of carbonyl (C=O) groups excluding carboxylic acids is 1. The van der Waals surface area contributed by atoms with Gasteiger partial charge in [0.2, 0.25) is 15.9 Å². The zero-order valence-electron chi connectivity index (χ0n) is 13.9. The van der Waals surface area contributed by atoms with Crippen molar-refractivity contribution in [2.24, 2.45) is 0 Å². The Hall–Kier alpha value is -1.96. The third-order valence-corrected chi connectivity index (χ3v) is 6.47. The number of carbonyl (C=O) groups is 1. The molecule has 2 aromatic rings. The van der Waals surface area contributed by atoms with Crippen LogP contribution >= 0.6 is 11.6 Å². The number of rotatable bonds is 5. The molecule has 0 aliphatic carbocycles. The minimum absolute atomic E-state index is 0.104. The minimum atomic E-state index is -3.57. The molecule has 1 heterocycles. The number of amides is 1. The van der Waals surface area contributed by atoms with Gasteiger partial charge in [0.1, 0.15) is 5.82 Å². The summed E-state index contributed by atoms with van der Waals surface area (Å²) in [6, 6.07) is 10.3. The van der Waals surface area contributed by atoms with Gasteiger partial charge >= 0.3 is 0 Å². The van der Waals surface area contributed by atoms with Gasteiger partial charge in [0.15, 0.2) is 0 Å². The maximum atomic E-state index is 13.8. The Labute approximate surface area is 156 Å². The lowest BCUT2D eigenvalue weighted by molar-refractivity contribution is -0.115. The highest BCUT2D eigenvalue weighted by molar-refractivity contribution is 7.89. The van der Waals surface area contributed by atoms with Gasteiger partial charge < -0.3 is 5.32 Å². The average Bonchev–Trinajstić information content (AvgIpc) is 3.14. The molecule has 1 aliphatic rings. The number of sulfonamides is 1. The monoisotopic (exact) mass is 396 g/mol. The van der Waals surface area contributed by atoms with Crippen molar-refractivity contribution in [1.29, 1.82) is 0 Å². The fourth-order valence-electron chi connectivity index (χ4n) is 2.88. The molecular formula is C18H18ClFN2O3S. The minimum Gasteiger partial charge on any atom is -0.326 e. The summed E-state index contributed by atoms with van der Waals surface area (Å²) in [5, 5.41) is 2.77. The summed E-state index contributed by atoms with van der Waals surface area (Å²) in [6.45, 7) is 1.01. The topological polar surface area (TPSA) is 66.5 Å². The zero-order chi connectivity index (χ0) is 18.7. The van der Waals surface area contributed by atoms with Gasteiger partial charge in [-0.05, 0) is 43.2 Å². The van der Waals surface area contributed by atoms with Crippen molar-refractivity contribution in [3.05, 3.63) is 58.9 Å². The van der Waals surface area contributed by atoms with E-state index >= 15 is 0 Å². The van der Waals surface area contributed by atoms with E-state index < -0.39 is 21.7 Å². The summed E-state index contributed by atoms with van der Waals surface area (Å²) in [5.74, 6) is -1.04. The second kappa shape index (κ2) is 7.73. The number of nitrogens with one attached hydrogen (secondary N) is 1. The molecule has 0 unspecified atom stereocenters. The number of halogens is 2. The number of benzene rings is 2. The van der Waals surface area contributed by atoms with Gasteiger partial charge in [-0.3, -0.25) is 4.79 Å². The van der Waals surface area contributed by atoms with E-state index in [-0.39, 0.29) is 21.9 Å². The molecule has 1 aliphatic heterocycles. The van der Waals surface area contributed by atoms with E-state index in [2.05, 4.69) is 5.32 Å². The van der Waals surface area contributed by atoms with E-state index in [4.69, 9.17) is 11.6 Å². The number of hydrogen-bond acceptors (Lipinski definition) is 3. The van der Waals surface area contributed by atoms with Crippen molar-refractivity contribution < 1.29 is 17.6 Å². The Balaban J connectivity index is 1.75. The van der Waals surface area contributed by atoms with Crippen LogP contribution in [-0.4, -0.2) is 31.7 Å². The highest BCUT2D eigenvalue weighted by atomic mass is 35.5. The predicted octanol–water partition coefficient (Wildman–Crippen LogP) is 3.44. The molecular weight excluding hydrogens is 379 g/mol. The van der Waals surface area contributed by atoms with Crippen LogP contribution in [0.25, 0.3) is 0 Å². The maximum absolute atomic E-state index is 13.8. The van der Waals surface area contributed by atoms with Crippen molar-refractivity contribution in [1.82, 2.24) is 4.31 Å². The predicted molar refractivity (Wildman–Crippen MR) is 98.2 cm³/mol. The van der Waals surface area contributed by atoms with E-state index in [1.54, 1.807) is 12.1 Å². The van der Waals surface area contributed by atoms with E-state index in [0.717, 1.165) is 12.8 Å². The second-order valence-corrected chi connectivity index (χ2v) is 8.41. The second-order valence-electron chi connectivity index (χ2n) is 6.06. The summed E-state index contributed by atoms with van der Waals surface area (Å²) in [6.07, 6.45) is 1.45. The van der Waals surface area contributed by atoms with Crippen LogP contribution in [0.15, 0.2) is 47.4 Å². The van der Waals surface area contributed by atoms with Gasteiger partial charge in [-0.25, -0.2) is 12.8 Å². The third-order valence-electron chi connectivity index (χ3n) is 4.22. The van der Waals surface area contributed by atoms with Crippen molar-refractivity contribution in [2.75, 3.05) is 18.4 Å². The van der Waals surface area contributed by atoms with Gasteiger partial charge in [-0.1, -0.05) is 23.7 Å². The molecule has 0 spiro atoms. The molecule has 3 rings (SSSR count). The summed E-state index contributed by atoms with van der Waals surface area (Å²) < 4.78 is 40.4. The number of hydrogen-bond donors (Lipinski definition) is 1. The fraction of sp³-hybridized carbons (Fsp3) is 0.278. The van der Waals surface area contributed by atoms with Crippen LogP contribution in [0.3, 0.4) is 0 Å². The molecule has 138 valence electrons. The molecule has 0 bridgehead atoms. The van der Waals surface area contributed by atoms with Crippen LogP contribution in [-0.2, 0) is 21.2 Å². The van der Waals surface area contributed by atoms with Crippen LogP contribution in [0.4, 0.5) is 10.1 Å². The summed E-state index contributed by atoms with van der Waals surface area (Å²) in [5.41, 5.74) is 0.440. The maximum Gasteiger partial charge on any atom is 0.243 e. The highest BCUT2D eigenvalue weighted by Gasteiger charge is 2.27.